The van der Waals surface area contributed by atoms with Gasteiger partial charge in [0.25, 0.3) is 0 Å². The molecule has 0 bridgehead atoms. The van der Waals surface area contributed by atoms with Crippen molar-refractivity contribution in [3.8, 4) is 0 Å². The summed E-state index contributed by atoms with van der Waals surface area (Å²) in [5, 5.41) is 0. The summed E-state index contributed by atoms with van der Waals surface area (Å²) in [6, 6.07) is 0. The van der Waals surface area contributed by atoms with Gasteiger partial charge in [-0.2, -0.15) is 0 Å². The zero-order valence-corrected chi connectivity index (χ0v) is 6.23. The molecule has 1 rings (SSSR count). The summed E-state index contributed by atoms with van der Waals surface area (Å²) in [7, 11) is 0. The molecule has 1 heterocycles. The number of aryl methyl sites for hydroxylation is 1. The Morgan fingerprint density at radius 3 is 2.00 bits per heavy atom. The van der Waals surface area contributed by atoms with Crippen LogP contribution < -0.4 is 5.73 Å². The first-order chi connectivity index (χ1) is 4.30. The van der Waals surface area contributed by atoms with E-state index in [9.17, 15) is 0 Å². The average molecular weight is 126 g/mol. The first-order valence-electron chi connectivity index (χ1n) is 3.19. The molecule has 3 N–H and O–H groups in total. The number of rotatable bonds is 0. The van der Waals surface area contributed by atoms with Crippen molar-refractivity contribution in [2.75, 3.05) is 5.73 Å². The molecule has 0 aromatic carbocycles. The Hall–Kier alpha value is -0.920. The third-order valence-corrected chi connectivity index (χ3v) is 0.994. The molecule has 0 radical (unpaired) electrons. The number of hydrogen-bond donors (Lipinski definition) is 2. The number of aromatic nitrogens is 1. The fourth-order valence-corrected chi connectivity index (χ4v) is 0.454. The summed E-state index contributed by atoms with van der Waals surface area (Å²) in [5.41, 5.74) is 7.35. The molecule has 0 unspecified atom stereocenters. The predicted octanol–water partition coefficient (Wildman–Crippen LogP) is 1.93. The topological polar surface area (TPSA) is 41.8 Å². The van der Waals surface area contributed by atoms with Gasteiger partial charge in [0.15, 0.2) is 0 Å². The summed E-state index contributed by atoms with van der Waals surface area (Å²) in [5.74, 6) is 0. The third kappa shape index (κ3) is 2.22. The van der Waals surface area contributed by atoms with Gasteiger partial charge < -0.3 is 10.7 Å². The van der Waals surface area contributed by atoms with E-state index in [1.165, 1.54) is 0 Å². The maximum Gasteiger partial charge on any atom is 0.0521 e. The van der Waals surface area contributed by atoms with E-state index >= 15 is 0 Å². The van der Waals surface area contributed by atoms with Crippen LogP contribution in [-0.2, 0) is 0 Å². The highest BCUT2D eigenvalue weighted by Crippen LogP contribution is 2.04. The molecule has 0 atom stereocenters. The van der Waals surface area contributed by atoms with Gasteiger partial charge in [-0.05, 0) is 12.5 Å². The van der Waals surface area contributed by atoms with Crippen molar-refractivity contribution in [1.82, 2.24) is 4.98 Å². The van der Waals surface area contributed by atoms with Crippen LogP contribution in [0.15, 0.2) is 12.4 Å². The van der Waals surface area contributed by atoms with Gasteiger partial charge in [-0.25, -0.2) is 0 Å². The van der Waals surface area contributed by atoms with E-state index < -0.39 is 0 Å². The van der Waals surface area contributed by atoms with Crippen molar-refractivity contribution in [3.05, 3.63) is 18.0 Å². The van der Waals surface area contributed by atoms with E-state index in [1.807, 2.05) is 27.0 Å². The number of nitrogens with two attached hydrogens (primary N) is 1. The summed E-state index contributed by atoms with van der Waals surface area (Å²) < 4.78 is 0. The summed E-state index contributed by atoms with van der Waals surface area (Å²) in [6.07, 6.45) is 3.64. The van der Waals surface area contributed by atoms with Crippen LogP contribution in [0, 0.1) is 6.92 Å². The van der Waals surface area contributed by atoms with E-state index in [4.69, 9.17) is 5.73 Å². The number of H-pyrrole nitrogens is 1. The van der Waals surface area contributed by atoms with Gasteiger partial charge in [-0.15, -0.1) is 0 Å². The summed E-state index contributed by atoms with van der Waals surface area (Å²) in [4.78, 5) is 2.87. The average Bonchev–Trinajstić information content (AvgIpc) is 2.23. The molecule has 0 amide bonds. The molecule has 2 heteroatoms. The monoisotopic (exact) mass is 126 g/mol. The van der Waals surface area contributed by atoms with E-state index in [2.05, 4.69) is 4.98 Å². The van der Waals surface area contributed by atoms with Gasteiger partial charge in [0.05, 0.1) is 5.69 Å². The van der Waals surface area contributed by atoms with Crippen molar-refractivity contribution in [1.29, 1.82) is 0 Å². The second-order valence-electron chi connectivity index (χ2n) is 1.59. The fourth-order valence-electron chi connectivity index (χ4n) is 0.454. The van der Waals surface area contributed by atoms with Crippen molar-refractivity contribution in [3.63, 3.8) is 0 Å². The zero-order valence-electron chi connectivity index (χ0n) is 6.23. The SMILES string of the molecule is CC.Cc1c[nH]cc1N. The minimum absolute atomic E-state index is 0.833. The highest BCUT2D eigenvalue weighted by molar-refractivity contribution is 5.42. The summed E-state index contributed by atoms with van der Waals surface area (Å²) >= 11 is 0. The van der Waals surface area contributed by atoms with Crippen molar-refractivity contribution in [2.24, 2.45) is 0 Å². The van der Waals surface area contributed by atoms with E-state index in [1.54, 1.807) is 6.20 Å². The third-order valence-electron chi connectivity index (χ3n) is 0.994. The highest BCUT2D eigenvalue weighted by atomic mass is 14.7. The Balaban J connectivity index is 0.000000291. The number of nitrogens with one attached hydrogen (secondary N) is 1. The van der Waals surface area contributed by atoms with Crippen molar-refractivity contribution >= 4 is 5.69 Å². The fraction of sp³-hybridized carbons (Fsp3) is 0.429. The Morgan fingerprint density at radius 2 is 1.89 bits per heavy atom. The maximum absolute atomic E-state index is 5.41. The van der Waals surface area contributed by atoms with Crippen molar-refractivity contribution < 1.29 is 0 Å². The molecule has 0 fully saturated rings. The maximum atomic E-state index is 5.41. The van der Waals surface area contributed by atoms with Crippen LogP contribution >= 0.6 is 0 Å². The van der Waals surface area contributed by atoms with Gasteiger partial charge in [-0.1, -0.05) is 13.8 Å². The molecule has 0 aliphatic carbocycles. The molecule has 1 aromatic rings. The second-order valence-corrected chi connectivity index (χ2v) is 1.59. The molecule has 0 aliphatic heterocycles. The predicted molar refractivity (Wildman–Crippen MR) is 41.3 cm³/mol. The number of aromatic amines is 1. The lowest BCUT2D eigenvalue weighted by Gasteiger charge is -1.80. The normalized spacial score (nSPS) is 7.89. The molecule has 9 heavy (non-hydrogen) atoms. The molecule has 2 nitrogen and oxygen atoms in total. The molecular weight excluding hydrogens is 112 g/mol. The highest BCUT2D eigenvalue weighted by Gasteiger charge is 1.86. The second kappa shape index (κ2) is 4.01. The number of hydrogen-bond acceptors (Lipinski definition) is 1. The van der Waals surface area contributed by atoms with Crippen LogP contribution in [0.4, 0.5) is 5.69 Å². The molecule has 52 valence electrons. The standard InChI is InChI=1S/C5H8N2.C2H6/c1-4-2-7-3-5(4)6;1-2/h2-3,7H,6H2,1H3;1-2H3. The first-order valence-corrected chi connectivity index (χ1v) is 3.19. The minimum Gasteiger partial charge on any atom is -0.397 e. The largest absolute Gasteiger partial charge is 0.397 e. The van der Waals surface area contributed by atoms with E-state index in [0.29, 0.717) is 0 Å². The molecule has 0 saturated carbocycles. The quantitative estimate of drug-likeness (QED) is 0.548. The van der Waals surface area contributed by atoms with Gasteiger partial charge in [0, 0.05) is 12.4 Å². The van der Waals surface area contributed by atoms with Crippen molar-refractivity contribution in [2.45, 2.75) is 20.8 Å². The van der Waals surface area contributed by atoms with Gasteiger partial charge in [0.1, 0.15) is 0 Å². The number of anilines is 1. The Labute approximate surface area is 56.1 Å². The Morgan fingerprint density at radius 1 is 1.33 bits per heavy atom. The molecule has 0 saturated heterocycles. The van der Waals surface area contributed by atoms with Gasteiger partial charge >= 0.3 is 0 Å². The summed E-state index contributed by atoms with van der Waals surface area (Å²) in [6.45, 7) is 5.96. The molecule has 0 aliphatic rings. The van der Waals surface area contributed by atoms with Crippen LogP contribution in [0.25, 0.3) is 0 Å². The van der Waals surface area contributed by atoms with Crippen LogP contribution in [0.5, 0.6) is 0 Å². The van der Waals surface area contributed by atoms with Gasteiger partial charge in [0.2, 0.25) is 0 Å². The molecule has 1 aromatic heterocycles. The molecular formula is C7H14N2. The lowest BCUT2D eigenvalue weighted by Crippen LogP contribution is -1.80. The Bertz CT molecular complexity index is 139. The molecule has 0 spiro atoms. The van der Waals surface area contributed by atoms with Gasteiger partial charge in [-0.3, -0.25) is 0 Å². The first kappa shape index (κ1) is 8.08. The lowest BCUT2D eigenvalue weighted by molar-refractivity contribution is 1.39. The lowest BCUT2D eigenvalue weighted by atomic mass is 10.3. The van der Waals surface area contributed by atoms with E-state index in [0.717, 1.165) is 11.3 Å². The van der Waals surface area contributed by atoms with Crippen LogP contribution in [-0.4, -0.2) is 4.98 Å². The minimum atomic E-state index is 0.833. The smallest absolute Gasteiger partial charge is 0.0521 e. The van der Waals surface area contributed by atoms with Crippen LogP contribution in [0.1, 0.15) is 19.4 Å². The van der Waals surface area contributed by atoms with E-state index in [-0.39, 0.29) is 0 Å². The van der Waals surface area contributed by atoms with Crippen LogP contribution in [0.2, 0.25) is 0 Å². The number of nitrogen functional groups attached to an aromatic ring is 1. The Kier molecular flexibility index (Phi) is 3.60. The zero-order chi connectivity index (χ0) is 7.28. The van der Waals surface area contributed by atoms with Crippen LogP contribution in [0.3, 0.4) is 0 Å².